The highest BCUT2D eigenvalue weighted by Crippen LogP contribution is 2.36. The standard InChI is InChI=1S/C23H21N5O2/c29-23(16-11-18-22(24-12-16)28(14-25-18)17-6-7-17)27-9-8-20-19(13-27)26-21(30-20)10-15-4-2-1-3-5-15/h1-5,11-12,14,17H,6-10,13H2. The van der Waals surface area contributed by atoms with Crippen LogP contribution in [0.2, 0.25) is 0 Å². The van der Waals surface area contributed by atoms with Crippen molar-refractivity contribution in [3.05, 3.63) is 77.4 Å². The van der Waals surface area contributed by atoms with Crippen molar-refractivity contribution in [1.29, 1.82) is 0 Å². The first kappa shape index (κ1) is 17.4. The van der Waals surface area contributed by atoms with Crippen LogP contribution in [0.4, 0.5) is 0 Å². The van der Waals surface area contributed by atoms with Gasteiger partial charge in [0.15, 0.2) is 11.5 Å². The summed E-state index contributed by atoms with van der Waals surface area (Å²) in [7, 11) is 0. The SMILES string of the molecule is O=C(c1cnc2c(c1)ncn2C1CC1)N1CCc2oc(Cc3ccccc3)nc2C1. The fourth-order valence-corrected chi connectivity index (χ4v) is 4.11. The van der Waals surface area contributed by atoms with Gasteiger partial charge in [-0.05, 0) is 24.5 Å². The highest BCUT2D eigenvalue weighted by atomic mass is 16.4. The molecule has 4 heterocycles. The van der Waals surface area contributed by atoms with Gasteiger partial charge >= 0.3 is 0 Å². The maximum atomic E-state index is 13.1. The molecule has 0 atom stereocenters. The number of oxazole rings is 1. The Balaban J connectivity index is 1.21. The van der Waals surface area contributed by atoms with Crippen LogP contribution in [0.1, 0.15) is 52.1 Å². The van der Waals surface area contributed by atoms with E-state index in [0.29, 0.717) is 43.4 Å². The molecule has 3 aromatic heterocycles. The zero-order chi connectivity index (χ0) is 20.1. The molecule has 1 aromatic carbocycles. The lowest BCUT2D eigenvalue weighted by Gasteiger charge is -2.25. The van der Waals surface area contributed by atoms with Gasteiger partial charge in [0.05, 0.1) is 18.4 Å². The van der Waals surface area contributed by atoms with E-state index >= 15 is 0 Å². The van der Waals surface area contributed by atoms with Gasteiger partial charge in [0, 0.05) is 31.6 Å². The summed E-state index contributed by atoms with van der Waals surface area (Å²) >= 11 is 0. The molecule has 0 bridgehead atoms. The predicted molar refractivity (Wildman–Crippen MR) is 110 cm³/mol. The molecular weight excluding hydrogens is 378 g/mol. The molecule has 0 N–H and O–H groups in total. The molecule has 4 aromatic rings. The molecule has 7 nitrogen and oxygen atoms in total. The molecule has 1 saturated carbocycles. The fraction of sp³-hybridized carbons (Fsp3) is 0.304. The van der Waals surface area contributed by atoms with Crippen molar-refractivity contribution in [1.82, 2.24) is 24.4 Å². The Morgan fingerprint density at radius 3 is 2.87 bits per heavy atom. The number of carbonyl (C=O) groups excluding carboxylic acids is 1. The molecule has 0 unspecified atom stereocenters. The number of benzene rings is 1. The van der Waals surface area contributed by atoms with Gasteiger partial charge in [0.1, 0.15) is 17.0 Å². The average Bonchev–Trinajstić information content (AvgIpc) is 3.40. The number of hydrogen-bond donors (Lipinski definition) is 0. The van der Waals surface area contributed by atoms with Crippen molar-refractivity contribution in [3.63, 3.8) is 0 Å². The number of pyridine rings is 1. The molecule has 1 aliphatic heterocycles. The molecule has 6 rings (SSSR count). The Kier molecular flexibility index (Phi) is 3.94. The molecular formula is C23H21N5O2. The van der Waals surface area contributed by atoms with Crippen LogP contribution in [-0.4, -0.2) is 36.9 Å². The first-order chi connectivity index (χ1) is 14.7. The lowest BCUT2D eigenvalue weighted by atomic mass is 10.1. The largest absolute Gasteiger partial charge is 0.445 e. The van der Waals surface area contributed by atoms with E-state index in [1.807, 2.05) is 35.5 Å². The van der Waals surface area contributed by atoms with Crippen LogP contribution in [0.5, 0.6) is 0 Å². The van der Waals surface area contributed by atoms with Gasteiger partial charge in [0.25, 0.3) is 5.91 Å². The number of aromatic nitrogens is 4. The highest BCUT2D eigenvalue weighted by molar-refractivity contribution is 5.96. The topological polar surface area (TPSA) is 77.0 Å². The van der Waals surface area contributed by atoms with Gasteiger partial charge in [-0.3, -0.25) is 4.79 Å². The number of carbonyl (C=O) groups is 1. The van der Waals surface area contributed by atoms with Crippen LogP contribution in [0.15, 0.2) is 53.3 Å². The van der Waals surface area contributed by atoms with Crippen molar-refractivity contribution < 1.29 is 9.21 Å². The zero-order valence-electron chi connectivity index (χ0n) is 16.5. The van der Waals surface area contributed by atoms with Crippen molar-refractivity contribution in [2.75, 3.05) is 6.54 Å². The lowest BCUT2D eigenvalue weighted by Crippen LogP contribution is -2.35. The number of fused-ring (bicyclic) bond motifs is 2. The third-order valence-electron chi connectivity index (χ3n) is 5.86. The summed E-state index contributed by atoms with van der Waals surface area (Å²) in [5, 5.41) is 0. The molecule has 0 radical (unpaired) electrons. The lowest BCUT2D eigenvalue weighted by molar-refractivity contribution is 0.0727. The summed E-state index contributed by atoms with van der Waals surface area (Å²) in [6.07, 6.45) is 7.19. The van der Waals surface area contributed by atoms with Crippen molar-refractivity contribution in [3.8, 4) is 0 Å². The Morgan fingerprint density at radius 1 is 1.17 bits per heavy atom. The second kappa shape index (κ2) is 6.79. The summed E-state index contributed by atoms with van der Waals surface area (Å²) in [6.45, 7) is 1.07. The molecule has 30 heavy (non-hydrogen) atoms. The first-order valence-corrected chi connectivity index (χ1v) is 10.4. The number of rotatable bonds is 4. The van der Waals surface area contributed by atoms with Gasteiger partial charge in [-0.15, -0.1) is 0 Å². The number of imidazole rings is 1. The maximum absolute atomic E-state index is 13.1. The minimum atomic E-state index is -0.0383. The minimum Gasteiger partial charge on any atom is -0.445 e. The van der Waals surface area contributed by atoms with Crippen LogP contribution in [0.3, 0.4) is 0 Å². The second-order valence-corrected chi connectivity index (χ2v) is 8.07. The zero-order valence-corrected chi connectivity index (χ0v) is 16.5. The van der Waals surface area contributed by atoms with E-state index in [4.69, 9.17) is 4.42 Å². The van der Waals surface area contributed by atoms with Crippen LogP contribution in [-0.2, 0) is 19.4 Å². The first-order valence-electron chi connectivity index (χ1n) is 10.4. The van der Waals surface area contributed by atoms with Crippen LogP contribution in [0.25, 0.3) is 11.2 Å². The molecule has 7 heteroatoms. The van der Waals surface area contributed by atoms with Gasteiger partial charge in [-0.2, -0.15) is 0 Å². The molecule has 150 valence electrons. The van der Waals surface area contributed by atoms with Gasteiger partial charge in [0.2, 0.25) is 0 Å². The van der Waals surface area contributed by atoms with Crippen molar-refractivity contribution in [2.45, 2.75) is 38.3 Å². The maximum Gasteiger partial charge on any atom is 0.255 e. The summed E-state index contributed by atoms with van der Waals surface area (Å²) in [5.74, 6) is 1.56. The second-order valence-electron chi connectivity index (χ2n) is 8.07. The fourth-order valence-electron chi connectivity index (χ4n) is 4.11. The van der Waals surface area contributed by atoms with Gasteiger partial charge in [-0.25, -0.2) is 15.0 Å². The minimum absolute atomic E-state index is 0.0383. The van der Waals surface area contributed by atoms with E-state index in [0.717, 1.165) is 28.2 Å². The summed E-state index contributed by atoms with van der Waals surface area (Å²) in [4.78, 5) is 28.6. The quantitative estimate of drug-likeness (QED) is 0.525. The predicted octanol–water partition coefficient (Wildman–Crippen LogP) is 3.54. The van der Waals surface area contributed by atoms with Crippen molar-refractivity contribution >= 4 is 17.1 Å². The molecule has 1 amide bonds. The normalized spacial score (nSPS) is 16.1. The third-order valence-corrected chi connectivity index (χ3v) is 5.86. The summed E-state index contributed by atoms with van der Waals surface area (Å²) in [6, 6.07) is 12.5. The molecule has 2 aliphatic rings. The van der Waals surface area contributed by atoms with Gasteiger partial charge in [-0.1, -0.05) is 30.3 Å². The molecule has 0 saturated heterocycles. The van der Waals surface area contributed by atoms with E-state index in [-0.39, 0.29) is 5.91 Å². The monoisotopic (exact) mass is 399 g/mol. The van der Waals surface area contributed by atoms with Gasteiger partial charge < -0.3 is 13.9 Å². The summed E-state index contributed by atoms with van der Waals surface area (Å²) in [5.41, 5.74) is 4.22. The van der Waals surface area contributed by atoms with Crippen molar-refractivity contribution in [2.24, 2.45) is 0 Å². The number of nitrogens with zero attached hydrogens (tertiary/aromatic N) is 5. The van der Waals surface area contributed by atoms with Crippen LogP contribution < -0.4 is 0 Å². The summed E-state index contributed by atoms with van der Waals surface area (Å²) < 4.78 is 8.07. The Labute approximate surface area is 173 Å². The Bertz CT molecular complexity index is 1240. The number of amides is 1. The molecule has 1 fully saturated rings. The van der Waals surface area contributed by atoms with Crippen LogP contribution in [0, 0.1) is 0 Å². The van der Waals surface area contributed by atoms with E-state index in [1.54, 1.807) is 6.20 Å². The number of hydrogen-bond acceptors (Lipinski definition) is 5. The highest BCUT2D eigenvalue weighted by Gasteiger charge is 2.28. The van der Waals surface area contributed by atoms with Crippen LogP contribution >= 0.6 is 0 Å². The van der Waals surface area contributed by atoms with E-state index < -0.39 is 0 Å². The van der Waals surface area contributed by atoms with E-state index in [2.05, 4.69) is 31.7 Å². The average molecular weight is 399 g/mol. The smallest absolute Gasteiger partial charge is 0.255 e. The molecule has 0 spiro atoms. The molecule has 1 aliphatic carbocycles. The third kappa shape index (κ3) is 3.07. The van der Waals surface area contributed by atoms with E-state index in [9.17, 15) is 4.79 Å². The van der Waals surface area contributed by atoms with E-state index in [1.165, 1.54) is 12.8 Å². The Morgan fingerprint density at radius 2 is 2.03 bits per heavy atom. The Hall–Kier alpha value is -3.48.